The van der Waals surface area contributed by atoms with Crippen molar-refractivity contribution in [3.05, 3.63) is 97.2 Å². The van der Waals surface area contributed by atoms with E-state index in [2.05, 4.69) is 118 Å². The molecular formula is C61H102O6. The second kappa shape index (κ2) is 54.9. The van der Waals surface area contributed by atoms with Gasteiger partial charge in [0, 0.05) is 19.3 Å². The molecule has 0 aromatic carbocycles. The zero-order valence-corrected chi connectivity index (χ0v) is 43.6. The number of esters is 3. The van der Waals surface area contributed by atoms with Crippen LogP contribution < -0.4 is 0 Å². The van der Waals surface area contributed by atoms with Gasteiger partial charge in [0.25, 0.3) is 0 Å². The van der Waals surface area contributed by atoms with E-state index in [0.29, 0.717) is 19.3 Å². The van der Waals surface area contributed by atoms with Crippen LogP contribution in [0.5, 0.6) is 0 Å². The van der Waals surface area contributed by atoms with Crippen LogP contribution in [0.1, 0.15) is 252 Å². The van der Waals surface area contributed by atoms with Crippen molar-refractivity contribution in [3.8, 4) is 0 Å². The summed E-state index contributed by atoms with van der Waals surface area (Å²) >= 11 is 0. The lowest BCUT2D eigenvalue weighted by molar-refractivity contribution is -0.167. The summed E-state index contributed by atoms with van der Waals surface area (Å²) < 4.78 is 16.8. The van der Waals surface area contributed by atoms with Gasteiger partial charge in [0.05, 0.1) is 0 Å². The largest absolute Gasteiger partial charge is 0.462 e. The van der Waals surface area contributed by atoms with Gasteiger partial charge >= 0.3 is 17.9 Å². The fourth-order valence-corrected chi connectivity index (χ4v) is 7.31. The smallest absolute Gasteiger partial charge is 0.306 e. The Morgan fingerprint density at radius 3 is 0.851 bits per heavy atom. The molecule has 0 aromatic rings. The van der Waals surface area contributed by atoms with Crippen molar-refractivity contribution in [2.24, 2.45) is 0 Å². The maximum atomic E-state index is 12.8. The van der Waals surface area contributed by atoms with Crippen LogP contribution in [0.2, 0.25) is 0 Å². The van der Waals surface area contributed by atoms with E-state index in [1.807, 2.05) is 0 Å². The Morgan fingerprint density at radius 1 is 0.299 bits per heavy atom. The van der Waals surface area contributed by atoms with E-state index in [1.54, 1.807) is 0 Å². The highest BCUT2D eigenvalue weighted by Gasteiger charge is 2.19. The van der Waals surface area contributed by atoms with Crippen molar-refractivity contribution < 1.29 is 28.6 Å². The van der Waals surface area contributed by atoms with Gasteiger partial charge in [-0.1, -0.05) is 201 Å². The molecule has 1 atom stereocenters. The highest BCUT2D eigenvalue weighted by molar-refractivity contribution is 5.71. The Labute approximate surface area is 413 Å². The lowest BCUT2D eigenvalue weighted by Gasteiger charge is -2.18. The van der Waals surface area contributed by atoms with Gasteiger partial charge < -0.3 is 14.2 Å². The van der Waals surface area contributed by atoms with Crippen LogP contribution in [0.3, 0.4) is 0 Å². The Bertz CT molecular complexity index is 1350. The molecule has 0 spiro atoms. The predicted molar refractivity (Wildman–Crippen MR) is 288 cm³/mol. The van der Waals surface area contributed by atoms with Gasteiger partial charge in [-0.15, -0.1) is 0 Å². The molecule has 0 aliphatic carbocycles. The van der Waals surface area contributed by atoms with Gasteiger partial charge in [0.1, 0.15) is 13.2 Å². The maximum absolute atomic E-state index is 12.8. The molecular weight excluding hydrogens is 829 g/mol. The van der Waals surface area contributed by atoms with Crippen molar-refractivity contribution >= 4 is 17.9 Å². The molecule has 0 unspecified atom stereocenters. The Balaban J connectivity index is 4.50. The second-order valence-electron chi connectivity index (χ2n) is 18.1. The molecule has 67 heavy (non-hydrogen) atoms. The van der Waals surface area contributed by atoms with E-state index >= 15 is 0 Å². The number of carbonyl (C=O) groups is 3. The van der Waals surface area contributed by atoms with E-state index in [4.69, 9.17) is 14.2 Å². The Hall–Kier alpha value is -3.67. The average molecular weight is 931 g/mol. The molecule has 0 aliphatic rings. The summed E-state index contributed by atoms with van der Waals surface area (Å²) in [6.45, 7) is 6.50. The first kappa shape index (κ1) is 63.3. The summed E-state index contributed by atoms with van der Waals surface area (Å²) in [5, 5.41) is 0. The highest BCUT2D eigenvalue weighted by Crippen LogP contribution is 2.13. The SMILES string of the molecule is CCCCC/C=C\C/C=C\C/C=C\C/C=C\CCCCCC(=O)OC[C@H](COC(=O)CCCCCCC/C=C\C/C=C\CCCCC)OC(=O)CCCCCCC/C=C\C/C=C\CCCCC. The molecule has 0 rings (SSSR count). The second-order valence-corrected chi connectivity index (χ2v) is 18.1. The van der Waals surface area contributed by atoms with E-state index in [1.165, 1.54) is 77.0 Å². The topological polar surface area (TPSA) is 78.9 Å². The maximum Gasteiger partial charge on any atom is 0.306 e. The summed E-state index contributed by atoms with van der Waals surface area (Å²) in [4.78, 5) is 38.1. The third-order valence-corrected chi connectivity index (χ3v) is 11.5. The fraction of sp³-hybridized carbons (Fsp3) is 0.689. The van der Waals surface area contributed by atoms with Crippen molar-refractivity contribution in [2.75, 3.05) is 13.2 Å². The number of hydrogen-bond acceptors (Lipinski definition) is 6. The summed E-state index contributed by atoms with van der Waals surface area (Å²) in [7, 11) is 0. The molecule has 0 radical (unpaired) electrons. The lowest BCUT2D eigenvalue weighted by atomic mass is 10.1. The third kappa shape index (κ3) is 53.2. The first-order chi connectivity index (χ1) is 33.0. The van der Waals surface area contributed by atoms with Crippen molar-refractivity contribution in [2.45, 2.75) is 258 Å². The molecule has 382 valence electrons. The number of ether oxygens (including phenoxy) is 3. The number of carbonyl (C=O) groups excluding carboxylic acids is 3. The fourth-order valence-electron chi connectivity index (χ4n) is 7.31. The van der Waals surface area contributed by atoms with E-state index in [-0.39, 0.29) is 31.1 Å². The normalized spacial score (nSPS) is 12.8. The van der Waals surface area contributed by atoms with Crippen molar-refractivity contribution in [3.63, 3.8) is 0 Å². The van der Waals surface area contributed by atoms with Gasteiger partial charge in [-0.25, -0.2) is 0 Å². The molecule has 0 aliphatic heterocycles. The van der Waals surface area contributed by atoms with Crippen LogP contribution >= 0.6 is 0 Å². The molecule has 0 saturated heterocycles. The van der Waals surface area contributed by atoms with E-state index < -0.39 is 6.10 Å². The van der Waals surface area contributed by atoms with Gasteiger partial charge in [-0.3, -0.25) is 14.4 Å². The summed E-state index contributed by atoms with van der Waals surface area (Å²) in [6, 6.07) is 0. The Kier molecular flexibility index (Phi) is 51.9. The molecule has 0 saturated carbocycles. The standard InChI is InChI=1S/C61H102O6/c1-4-7-10-13-16-19-22-25-28-29-30-31-34-36-39-42-45-48-51-54-60(63)66-57-58(67-61(64)55-52-49-46-43-40-37-33-27-24-21-18-15-12-9-6-3)56-65-59(62)53-50-47-44-41-38-35-32-26-23-20-17-14-11-8-5-2/h16-21,25-28,30-33,36,39,58H,4-15,22-24,29,34-35,37-38,40-57H2,1-3H3/b19-16-,20-17-,21-18-,28-25-,31-30-,32-26-,33-27-,39-36-/t58-/m0/s1. The van der Waals surface area contributed by atoms with Gasteiger partial charge in [0.15, 0.2) is 6.10 Å². The number of unbranched alkanes of at least 4 members (excludes halogenated alkanes) is 22. The summed E-state index contributed by atoms with van der Waals surface area (Å²) in [6.07, 6.45) is 72.4. The van der Waals surface area contributed by atoms with Crippen LogP contribution in [0.4, 0.5) is 0 Å². The van der Waals surface area contributed by atoms with E-state index in [0.717, 1.165) is 135 Å². The molecule has 0 heterocycles. The minimum absolute atomic E-state index is 0.102. The van der Waals surface area contributed by atoms with Crippen LogP contribution in [-0.2, 0) is 28.6 Å². The minimum atomic E-state index is -0.805. The molecule has 6 heteroatoms. The molecule has 0 bridgehead atoms. The lowest BCUT2D eigenvalue weighted by Crippen LogP contribution is -2.30. The molecule has 0 N–H and O–H groups in total. The van der Waals surface area contributed by atoms with Gasteiger partial charge in [-0.2, -0.15) is 0 Å². The Morgan fingerprint density at radius 2 is 0.537 bits per heavy atom. The van der Waals surface area contributed by atoms with Crippen LogP contribution in [0.25, 0.3) is 0 Å². The van der Waals surface area contributed by atoms with Crippen LogP contribution in [0, 0.1) is 0 Å². The number of allylic oxidation sites excluding steroid dienone is 16. The zero-order chi connectivity index (χ0) is 48.6. The number of rotatable bonds is 49. The van der Waals surface area contributed by atoms with Gasteiger partial charge in [0.2, 0.25) is 0 Å². The van der Waals surface area contributed by atoms with Crippen molar-refractivity contribution in [1.82, 2.24) is 0 Å². The zero-order valence-electron chi connectivity index (χ0n) is 43.6. The molecule has 0 amide bonds. The summed E-state index contributed by atoms with van der Waals surface area (Å²) in [5.74, 6) is -0.960. The number of hydrogen-bond donors (Lipinski definition) is 0. The van der Waals surface area contributed by atoms with E-state index in [9.17, 15) is 14.4 Å². The van der Waals surface area contributed by atoms with Crippen LogP contribution in [0.15, 0.2) is 97.2 Å². The predicted octanol–water partition coefficient (Wildman–Crippen LogP) is 18.5. The monoisotopic (exact) mass is 931 g/mol. The molecule has 0 aromatic heterocycles. The first-order valence-electron chi connectivity index (χ1n) is 27.7. The minimum Gasteiger partial charge on any atom is -0.462 e. The molecule has 0 fully saturated rings. The van der Waals surface area contributed by atoms with Crippen molar-refractivity contribution in [1.29, 1.82) is 0 Å². The highest BCUT2D eigenvalue weighted by atomic mass is 16.6. The quantitative estimate of drug-likeness (QED) is 0.0262. The molecule has 6 nitrogen and oxygen atoms in total. The first-order valence-corrected chi connectivity index (χ1v) is 27.7. The average Bonchev–Trinajstić information content (AvgIpc) is 3.33. The van der Waals surface area contributed by atoms with Gasteiger partial charge in [-0.05, 0) is 128 Å². The third-order valence-electron chi connectivity index (χ3n) is 11.5. The van der Waals surface area contributed by atoms with Crippen LogP contribution in [-0.4, -0.2) is 37.2 Å². The summed E-state index contributed by atoms with van der Waals surface area (Å²) in [5.41, 5.74) is 0.